The average molecular weight is 332 g/mol. The van der Waals surface area contributed by atoms with E-state index < -0.39 is 16.3 Å². The van der Waals surface area contributed by atoms with Crippen LogP contribution in [0.3, 0.4) is 0 Å². The first-order valence-electron chi connectivity index (χ1n) is 7.60. The van der Waals surface area contributed by atoms with Crippen LogP contribution in [-0.4, -0.2) is 32.1 Å². The maximum absolute atomic E-state index is 13.1. The van der Waals surface area contributed by atoms with E-state index in [0.717, 1.165) is 5.56 Å². The molecule has 0 radical (unpaired) electrons. The highest BCUT2D eigenvalue weighted by atomic mass is 32.2. The van der Waals surface area contributed by atoms with Gasteiger partial charge in [-0.15, -0.1) is 0 Å². The van der Waals surface area contributed by atoms with Crippen molar-refractivity contribution in [2.24, 2.45) is 5.73 Å². The van der Waals surface area contributed by atoms with Crippen LogP contribution in [0, 0.1) is 0 Å². The second-order valence-corrected chi connectivity index (χ2v) is 7.28. The fraction of sp³-hybridized carbons (Fsp3) is 0.294. The number of benzene rings is 2. The topological polar surface area (TPSA) is 72.6 Å². The number of hydrogen-bond donors (Lipinski definition) is 1. The molecular weight excluding hydrogens is 312 g/mol. The first-order valence-corrected chi connectivity index (χ1v) is 9.04. The average Bonchev–Trinajstić information content (AvgIpc) is 3.01. The molecule has 6 heteroatoms. The molecule has 122 valence electrons. The molecular formula is C17H20N2O3S. The van der Waals surface area contributed by atoms with Crippen LogP contribution in [-0.2, 0) is 14.8 Å². The molecule has 2 atom stereocenters. The summed E-state index contributed by atoms with van der Waals surface area (Å²) in [6.45, 7) is 0.702. The SMILES string of the molecule is NCC[C@@H]1OC[C@@H](c2ccccc2)N1S(=O)(=O)c1ccccc1. The lowest BCUT2D eigenvalue weighted by Gasteiger charge is -2.27. The van der Waals surface area contributed by atoms with E-state index in [9.17, 15) is 8.42 Å². The van der Waals surface area contributed by atoms with Crippen molar-refractivity contribution in [2.45, 2.75) is 23.6 Å². The molecule has 1 aliphatic rings. The van der Waals surface area contributed by atoms with Crippen LogP contribution in [0.15, 0.2) is 65.6 Å². The summed E-state index contributed by atoms with van der Waals surface area (Å²) in [5.41, 5.74) is 6.56. The Balaban J connectivity index is 2.02. The molecule has 1 aliphatic heterocycles. The second kappa shape index (κ2) is 6.80. The van der Waals surface area contributed by atoms with Gasteiger partial charge in [0.2, 0.25) is 10.0 Å². The monoisotopic (exact) mass is 332 g/mol. The van der Waals surface area contributed by atoms with Gasteiger partial charge in [0.15, 0.2) is 0 Å². The lowest BCUT2D eigenvalue weighted by Crippen LogP contribution is -2.39. The van der Waals surface area contributed by atoms with E-state index in [1.165, 1.54) is 4.31 Å². The molecule has 0 amide bonds. The number of ether oxygens (including phenoxy) is 1. The number of rotatable bonds is 5. The number of hydrogen-bond acceptors (Lipinski definition) is 4. The van der Waals surface area contributed by atoms with E-state index >= 15 is 0 Å². The summed E-state index contributed by atoms with van der Waals surface area (Å²) in [4.78, 5) is 0.272. The van der Waals surface area contributed by atoms with Crippen molar-refractivity contribution in [2.75, 3.05) is 13.2 Å². The lowest BCUT2D eigenvalue weighted by molar-refractivity contribution is 0.0633. The maximum atomic E-state index is 13.1. The summed E-state index contributed by atoms with van der Waals surface area (Å²) < 4.78 is 33.4. The third kappa shape index (κ3) is 3.16. The maximum Gasteiger partial charge on any atom is 0.245 e. The minimum Gasteiger partial charge on any atom is -0.360 e. The van der Waals surface area contributed by atoms with Gasteiger partial charge in [-0.2, -0.15) is 4.31 Å². The van der Waals surface area contributed by atoms with Crippen LogP contribution in [0.25, 0.3) is 0 Å². The Hall–Kier alpha value is -1.73. The number of nitrogens with two attached hydrogens (primary N) is 1. The predicted molar refractivity (Wildman–Crippen MR) is 88.1 cm³/mol. The quantitative estimate of drug-likeness (QED) is 0.910. The van der Waals surface area contributed by atoms with Crippen LogP contribution < -0.4 is 5.73 Å². The van der Waals surface area contributed by atoms with Crippen LogP contribution in [0.1, 0.15) is 18.0 Å². The van der Waals surface area contributed by atoms with Crippen molar-refractivity contribution in [3.63, 3.8) is 0 Å². The van der Waals surface area contributed by atoms with Gasteiger partial charge in [-0.25, -0.2) is 8.42 Å². The lowest BCUT2D eigenvalue weighted by atomic mass is 10.1. The van der Waals surface area contributed by atoms with E-state index in [1.54, 1.807) is 30.3 Å². The van der Waals surface area contributed by atoms with Gasteiger partial charge in [0.25, 0.3) is 0 Å². The van der Waals surface area contributed by atoms with Gasteiger partial charge in [0, 0.05) is 6.42 Å². The zero-order chi connectivity index (χ0) is 16.3. The van der Waals surface area contributed by atoms with Gasteiger partial charge in [-0.3, -0.25) is 0 Å². The van der Waals surface area contributed by atoms with Gasteiger partial charge in [0.05, 0.1) is 17.5 Å². The Morgan fingerprint density at radius 3 is 2.26 bits per heavy atom. The first kappa shape index (κ1) is 16.1. The zero-order valence-electron chi connectivity index (χ0n) is 12.7. The third-order valence-corrected chi connectivity index (χ3v) is 5.87. The Bertz CT molecular complexity index is 735. The molecule has 0 saturated carbocycles. The Morgan fingerprint density at radius 2 is 1.65 bits per heavy atom. The molecule has 0 bridgehead atoms. The molecule has 3 rings (SSSR count). The standard InChI is InChI=1S/C17H20N2O3S/c18-12-11-17-19(23(20,21)15-9-5-2-6-10-15)16(13-22-17)14-7-3-1-4-8-14/h1-10,16-17H,11-13,18H2/t16-,17-/m0/s1. The molecule has 1 heterocycles. The fourth-order valence-corrected chi connectivity index (χ4v) is 4.60. The summed E-state index contributed by atoms with van der Waals surface area (Å²) >= 11 is 0. The summed E-state index contributed by atoms with van der Waals surface area (Å²) in [6, 6.07) is 17.7. The predicted octanol–water partition coefficient (Wildman–Crippen LogP) is 2.12. The molecule has 2 aromatic rings. The van der Waals surface area contributed by atoms with Crippen LogP contribution in [0.5, 0.6) is 0 Å². The minimum absolute atomic E-state index is 0.272. The molecule has 1 saturated heterocycles. The summed E-state index contributed by atoms with van der Waals surface area (Å²) in [5.74, 6) is 0. The van der Waals surface area contributed by atoms with Gasteiger partial charge >= 0.3 is 0 Å². The normalized spacial score (nSPS) is 22.3. The highest BCUT2D eigenvalue weighted by Gasteiger charge is 2.43. The van der Waals surface area contributed by atoms with E-state index in [1.807, 2.05) is 30.3 Å². The summed E-state index contributed by atoms with van der Waals surface area (Å²) in [5, 5.41) is 0. The van der Waals surface area contributed by atoms with Crippen molar-refractivity contribution in [3.05, 3.63) is 66.2 Å². The molecule has 23 heavy (non-hydrogen) atoms. The highest BCUT2D eigenvalue weighted by Crippen LogP contribution is 2.36. The smallest absolute Gasteiger partial charge is 0.245 e. The molecule has 2 aromatic carbocycles. The molecule has 0 aromatic heterocycles. The second-order valence-electron chi connectivity index (χ2n) is 5.44. The van der Waals surface area contributed by atoms with Crippen LogP contribution in [0.4, 0.5) is 0 Å². The Kier molecular flexibility index (Phi) is 4.77. The molecule has 0 aliphatic carbocycles. The summed E-state index contributed by atoms with van der Waals surface area (Å²) in [6.07, 6.45) is -0.0644. The van der Waals surface area contributed by atoms with E-state index in [0.29, 0.717) is 19.6 Å². The van der Waals surface area contributed by atoms with E-state index in [4.69, 9.17) is 10.5 Å². The molecule has 0 unspecified atom stereocenters. The Labute approximate surface area is 136 Å². The molecule has 1 fully saturated rings. The van der Waals surface area contributed by atoms with E-state index in [-0.39, 0.29) is 10.9 Å². The molecule has 5 nitrogen and oxygen atoms in total. The van der Waals surface area contributed by atoms with Crippen LogP contribution >= 0.6 is 0 Å². The molecule has 2 N–H and O–H groups in total. The van der Waals surface area contributed by atoms with Crippen molar-refractivity contribution in [3.8, 4) is 0 Å². The zero-order valence-corrected chi connectivity index (χ0v) is 13.5. The van der Waals surface area contributed by atoms with Crippen molar-refractivity contribution in [1.82, 2.24) is 4.31 Å². The van der Waals surface area contributed by atoms with Crippen molar-refractivity contribution < 1.29 is 13.2 Å². The Morgan fingerprint density at radius 1 is 1.04 bits per heavy atom. The molecule has 0 spiro atoms. The third-order valence-electron chi connectivity index (χ3n) is 3.95. The van der Waals surface area contributed by atoms with Crippen molar-refractivity contribution in [1.29, 1.82) is 0 Å². The highest BCUT2D eigenvalue weighted by molar-refractivity contribution is 7.89. The first-order chi connectivity index (χ1) is 11.1. The van der Waals surface area contributed by atoms with Gasteiger partial charge in [0.1, 0.15) is 6.23 Å². The van der Waals surface area contributed by atoms with Gasteiger partial charge in [-0.1, -0.05) is 48.5 Å². The summed E-state index contributed by atoms with van der Waals surface area (Å²) in [7, 11) is -3.65. The van der Waals surface area contributed by atoms with E-state index in [2.05, 4.69) is 0 Å². The minimum atomic E-state index is -3.65. The number of nitrogens with zero attached hydrogens (tertiary/aromatic N) is 1. The fourth-order valence-electron chi connectivity index (χ4n) is 2.86. The largest absolute Gasteiger partial charge is 0.360 e. The van der Waals surface area contributed by atoms with Gasteiger partial charge in [-0.05, 0) is 24.2 Å². The van der Waals surface area contributed by atoms with Crippen LogP contribution in [0.2, 0.25) is 0 Å². The van der Waals surface area contributed by atoms with Crippen molar-refractivity contribution >= 4 is 10.0 Å². The number of sulfonamides is 1. The van der Waals surface area contributed by atoms with Gasteiger partial charge < -0.3 is 10.5 Å².